The molecule has 1 aromatic rings. The number of ether oxygens (including phenoxy) is 1. The van der Waals surface area contributed by atoms with Crippen molar-refractivity contribution in [2.45, 2.75) is 64.6 Å². The summed E-state index contributed by atoms with van der Waals surface area (Å²) in [6, 6.07) is 6.11. The first kappa shape index (κ1) is 15.8. The number of hydrogen-bond acceptors (Lipinski definition) is 3. The summed E-state index contributed by atoms with van der Waals surface area (Å²) in [5.74, 6) is 0.665. The highest BCUT2D eigenvalue weighted by molar-refractivity contribution is 5.81. The van der Waals surface area contributed by atoms with Crippen molar-refractivity contribution < 1.29 is 9.53 Å². The molecule has 4 heteroatoms. The first-order valence-electron chi connectivity index (χ1n) is 7.80. The summed E-state index contributed by atoms with van der Waals surface area (Å²) in [4.78, 5) is 12.2. The highest BCUT2D eigenvalue weighted by Gasteiger charge is 2.22. The predicted octanol–water partition coefficient (Wildman–Crippen LogP) is 2.84. The van der Waals surface area contributed by atoms with Gasteiger partial charge in [-0.05, 0) is 45.2 Å². The molecule has 1 saturated carbocycles. The molecule has 2 unspecified atom stereocenters. The molecule has 1 amide bonds. The fourth-order valence-corrected chi connectivity index (χ4v) is 2.75. The molecule has 1 aromatic carbocycles. The molecule has 3 N–H and O–H groups in total. The van der Waals surface area contributed by atoms with Crippen molar-refractivity contribution >= 4 is 5.91 Å². The third-order valence-electron chi connectivity index (χ3n) is 4.03. The van der Waals surface area contributed by atoms with E-state index in [1.165, 1.54) is 12.8 Å². The molecule has 0 spiro atoms. The van der Waals surface area contributed by atoms with E-state index in [1.54, 1.807) is 6.92 Å². The molecule has 2 rings (SSSR count). The zero-order valence-electron chi connectivity index (χ0n) is 13.2. The number of amides is 1. The number of hydrogen-bond donors (Lipinski definition) is 2. The van der Waals surface area contributed by atoms with E-state index in [0.29, 0.717) is 11.8 Å². The largest absolute Gasteiger partial charge is 0.481 e. The maximum atomic E-state index is 12.2. The van der Waals surface area contributed by atoms with Gasteiger partial charge < -0.3 is 15.8 Å². The lowest BCUT2D eigenvalue weighted by atomic mass is 10.1. The Kier molecular flexibility index (Phi) is 5.23. The van der Waals surface area contributed by atoms with Crippen molar-refractivity contribution in [2.75, 3.05) is 0 Å². The van der Waals surface area contributed by atoms with Gasteiger partial charge in [0.25, 0.3) is 5.91 Å². The average Bonchev–Trinajstić information content (AvgIpc) is 2.91. The van der Waals surface area contributed by atoms with Gasteiger partial charge in [-0.1, -0.05) is 25.0 Å². The van der Waals surface area contributed by atoms with Gasteiger partial charge in [-0.15, -0.1) is 0 Å². The second kappa shape index (κ2) is 6.94. The van der Waals surface area contributed by atoms with Crippen LogP contribution in [0, 0.1) is 6.92 Å². The average molecular weight is 290 g/mol. The van der Waals surface area contributed by atoms with E-state index >= 15 is 0 Å². The molecule has 2 atom stereocenters. The smallest absolute Gasteiger partial charge is 0.260 e. The minimum absolute atomic E-state index is 0.0426. The molecule has 0 aliphatic heterocycles. The van der Waals surface area contributed by atoms with E-state index in [1.807, 2.05) is 32.0 Å². The Hall–Kier alpha value is -1.55. The number of carbonyl (C=O) groups is 1. The van der Waals surface area contributed by atoms with Crippen LogP contribution in [0.25, 0.3) is 0 Å². The van der Waals surface area contributed by atoms with Crippen LogP contribution in [0.5, 0.6) is 5.75 Å². The lowest BCUT2D eigenvalue weighted by molar-refractivity contribution is -0.128. The Morgan fingerprint density at radius 2 is 2.00 bits per heavy atom. The van der Waals surface area contributed by atoms with Crippen LogP contribution in [0.3, 0.4) is 0 Å². The van der Waals surface area contributed by atoms with Gasteiger partial charge in [0.15, 0.2) is 6.10 Å². The normalized spacial score (nSPS) is 18.3. The summed E-state index contributed by atoms with van der Waals surface area (Å²) in [7, 11) is 0. The molecule has 0 saturated heterocycles. The molecule has 1 aliphatic carbocycles. The monoisotopic (exact) mass is 290 g/mol. The number of nitrogens with one attached hydrogen (secondary N) is 1. The molecule has 0 heterocycles. The van der Waals surface area contributed by atoms with Gasteiger partial charge in [0, 0.05) is 17.6 Å². The van der Waals surface area contributed by atoms with Gasteiger partial charge in [-0.3, -0.25) is 4.79 Å². The summed E-state index contributed by atoms with van der Waals surface area (Å²) in [6.07, 6.45) is 4.05. The maximum absolute atomic E-state index is 12.2. The summed E-state index contributed by atoms with van der Waals surface area (Å²) in [6.45, 7) is 5.71. The predicted molar refractivity (Wildman–Crippen MR) is 84.3 cm³/mol. The first-order valence-corrected chi connectivity index (χ1v) is 7.80. The van der Waals surface area contributed by atoms with Crippen molar-refractivity contribution in [3.8, 4) is 5.75 Å². The lowest BCUT2D eigenvalue weighted by Crippen LogP contribution is -2.41. The minimum atomic E-state index is -0.509. The van der Waals surface area contributed by atoms with E-state index in [2.05, 4.69) is 5.32 Å². The number of aryl methyl sites for hydroxylation is 1. The van der Waals surface area contributed by atoms with Crippen LogP contribution in [0.4, 0.5) is 0 Å². The van der Waals surface area contributed by atoms with Crippen LogP contribution >= 0.6 is 0 Å². The Morgan fingerprint density at radius 3 is 2.62 bits per heavy atom. The van der Waals surface area contributed by atoms with Crippen LogP contribution in [0.15, 0.2) is 18.2 Å². The van der Waals surface area contributed by atoms with E-state index in [4.69, 9.17) is 10.5 Å². The van der Waals surface area contributed by atoms with E-state index in [-0.39, 0.29) is 11.9 Å². The second-order valence-corrected chi connectivity index (χ2v) is 6.08. The van der Waals surface area contributed by atoms with Gasteiger partial charge >= 0.3 is 0 Å². The highest BCUT2D eigenvalue weighted by Crippen LogP contribution is 2.26. The molecule has 0 radical (unpaired) electrons. The summed E-state index contributed by atoms with van der Waals surface area (Å²) in [5.41, 5.74) is 7.99. The second-order valence-electron chi connectivity index (χ2n) is 6.08. The molecule has 1 aliphatic rings. The standard InChI is InChI=1S/C17H26N2O2/c1-11-8-9-15(12(2)18)16(10-11)21-13(3)17(20)19-14-6-4-5-7-14/h8-10,12-14H,4-7,18H2,1-3H3,(H,19,20). The summed E-state index contributed by atoms with van der Waals surface area (Å²) in [5, 5.41) is 3.07. The minimum Gasteiger partial charge on any atom is -0.481 e. The van der Waals surface area contributed by atoms with Crippen molar-refractivity contribution in [1.82, 2.24) is 5.32 Å². The topological polar surface area (TPSA) is 64.3 Å². The van der Waals surface area contributed by atoms with Gasteiger partial charge in [0.1, 0.15) is 5.75 Å². The zero-order chi connectivity index (χ0) is 15.4. The van der Waals surface area contributed by atoms with Gasteiger partial charge in [0.05, 0.1) is 0 Å². The van der Waals surface area contributed by atoms with Crippen LogP contribution < -0.4 is 15.8 Å². The van der Waals surface area contributed by atoms with Crippen molar-refractivity contribution in [3.63, 3.8) is 0 Å². The number of benzene rings is 1. The maximum Gasteiger partial charge on any atom is 0.260 e. The Bertz CT molecular complexity index is 494. The molecular formula is C17H26N2O2. The molecule has 4 nitrogen and oxygen atoms in total. The molecule has 21 heavy (non-hydrogen) atoms. The number of carbonyl (C=O) groups excluding carboxylic acids is 1. The zero-order valence-corrected chi connectivity index (χ0v) is 13.2. The number of nitrogens with two attached hydrogens (primary N) is 1. The van der Waals surface area contributed by atoms with Crippen LogP contribution in [0.1, 0.15) is 56.7 Å². The fraction of sp³-hybridized carbons (Fsp3) is 0.588. The lowest BCUT2D eigenvalue weighted by Gasteiger charge is -2.21. The summed E-state index contributed by atoms with van der Waals surface area (Å²) < 4.78 is 5.87. The SMILES string of the molecule is Cc1ccc(C(C)N)c(OC(C)C(=O)NC2CCCC2)c1. The molecule has 116 valence electrons. The van der Waals surface area contributed by atoms with Crippen LogP contribution in [0.2, 0.25) is 0 Å². The highest BCUT2D eigenvalue weighted by atomic mass is 16.5. The summed E-state index contributed by atoms with van der Waals surface area (Å²) >= 11 is 0. The van der Waals surface area contributed by atoms with Crippen LogP contribution in [-0.4, -0.2) is 18.1 Å². The fourth-order valence-electron chi connectivity index (χ4n) is 2.75. The van der Waals surface area contributed by atoms with E-state index in [0.717, 1.165) is 24.0 Å². The third kappa shape index (κ3) is 4.21. The van der Waals surface area contributed by atoms with Crippen molar-refractivity contribution in [3.05, 3.63) is 29.3 Å². The Labute approximate surface area is 127 Å². The molecular weight excluding hydrogens is 264 g/mol. The first-order chi connectivity index (χ1) is 9.97. The Balaban J connectivity index is 2.02. The van der Waals surface area contributed by atoms with E-state index < -0.39 is 6.10 Å². The number of rotatable bonds is 5. The molecule has 0 bridgehead atoms. The van der Waals surface area contributed by atoms with Crippen molar-refractivity contribution in [2.24, 2.45) is 5.73 Å². The molecule has 0 aromatic heterocycles. The Morgan fingerprint density at radius 1 is 1.33 bits per heavy atom. The van der Waals surface area contributed by atoms with Gasteiger partial charge in [-0.25, -0.2) is 0 Å². The van der Waals surface area contributed by atoms with Gasteiger partial charge in [-0.2, -0.15) is 0 Å². The van der Waals surface area contributed by atoms with Gasteiger partial charge in [0.2, 0.25) is 0 Å². The van der Waals surface area contributed by atoms with Crippen LogP contribution in [-0.2, 0) is 4.79 Å². The quantitative estimate of drug-likeness (QED) is 0.876. The molecule has 1 fully saturated rings. The van der Waals surface area contributed by atoms with Crippen molar-refractivity contribution in [1.29, 1.82) is 0 Å². The third-order valence-corrected chi connectivity index (χ3v) is 4.03. The van der Waals surface area contributed by atoms with E-state index in [9.17, 15) is 4.79 Å².